The summed E-state index contributed by atoms with van der Waals surface area (Å²) in [5.41, 5.74) is 0. The van der Waals surface area contributed by atoms with Crippen molar-refractivity contribution >= 4 is 26.0 Å². The summed E-state index contributed by atoms with van der Waals surface area (Å²) in [5.74, 6) is 1.23. The number of ether oxygens (including phenoxy) is 1. The molecule has 1 aromatic carbocycles. The van der Waals surface area contributed by atoms with Gasteiger partial charge in [0.2, 0.25) is 10.0 Å². The van der Waals surface area contributed by atoms with Crippen molar-refractivity contribution in [1.29, 1.82) is 0 Å². The van der Waals surface area contributed by atoms with Crippen LogP contribution in [0.2, 0.25) is 0 Å². The van der Waals surface area contributed by atoms with Gasteiger partial charge < -0.3 is 4.74 Å². The van der Waals surface area contributed by atoms with Crippen LogP contribution in [0.3, 0.4) is 0 Å². The molecular formula is C14H20BrNO3S. The van der Waals surface area contributed by atoms with E-state index in [1.165, 1.54) is 0 Å². The first-order valence-electron chi connectivity index (χ1n) is 6.79. The molecule has 112 valence electrons. The molecule has 0 amide bonds. The Balaban J connectivity index is 2.27. The van der Waals surface area contributed by atoms with Gasteiger partial charge in [0.25, 0.3) is 0 Å². The SMILES string of the molecule is COc1ccc(S(=O)(=O)N2CCCC(C)CC2)cc1Br. The molecule has 0 spiro atoms. The second-order valence-electron chi connectivity index (χ2n) is 5.24. The van der Waals surface area contributed by atoms with Crippen LogP contribution in [0.1, 0.15) is 26.2 Å². The first kappa shape index (κ1) is 15.8. The molecule has 0 radical (unpaired) electrons. The Morgan fingerprint density at radius 1 is 1.30 bits per heavy atom. The number of methoxy groups -OCH3 is 1. The van der Waals surface area contributed by atoms with E-state index in [1.54, 1.807) is 29.6 Å². The number of benzene rings is 1. The zero-order valence-corrected chi connectivity index (χ0v) is 14.2. The molecule has 0 N–H and O–H groups in total. The summed E-state index contributed by atoms with van der Waals surface area (Å²) in [6, 6.07) is 4.90. The first-order chi connectivity index (χ1) is 9.45. The van der Waals surface area contributed by atoms with Gasteiger partial charge in [0, 0.05) is 13.1 Å². The van der Waals surface area contributed by atoms with E-state index in [4.69, 9.17) is 4.74 Å². The van der Waals surface area contributed by atoms with Crippen molar-refractivity contribution in [1.82, 2.24) is 4.31 Å². The molecule has 20 heavy (non-hydrogen) atoms. The Morgan fingerprint density at radius 3 is 2.70 bits per heavy atom. The molecule has 6 heteroatoms. The van der Waals surface area contributed by atoms with Crippen molar-refractivity contribution in [3.8, 4) is 5.75 Å². The van der Waals surface area contributed by atoms with Crippen molar-refractivity contribution in [3.05, 3.63) is 22.7 Å². The molecule has 1 atom stereocenters. The minimum absolute atomic E-state index is 0.319. The smallest absolute Gasteiger partial charge is 0.243 e. The summed E-state index contributed by atoms with van der Waals surface area (Å²) >= 11 is 3.34. The number of halogens is 1. The maximum atomic E-state index is 12.7. The fourth-order valence-corrected chi connectivity index (χ4v) is 4.65. The van der Waals surface area contributed by atoms with E-state index < -0.39 is 10.0 Å². The van der Waals surface area contributed by atoms with Crippen LogP contribution in [0.25, 0.3) is 0 Å². The van der Waals surface area contributed by atoms with Gasteiger partial charge in [-0.05, 0) is 59.3 Å². The lowest BCUT2D eigenvalue weighted by molar-refractivity contribution is 0.409. The average Bonchev–Trinajstić information content (AvgIpc) is 2.63. The standard InChI is InChI=1S/C14H20BrNO3S/c1-11-4-3-8-16(9-7-11)20(17,18)12-5-6-14(19-2)13(15)10-12/h5-6,10-11H,3-4,7-9H2,1-2H3. The van der Waals surface area contributed by atoms with E-state index in [0.717, 1.165) is 19.3 Å². The fourth-order valence-electron chi connectivity index (χ4n) is 2.43. The van der Waals surface area contributed by atoms with Gasteiger partial charge in [0.05, 0.1) is 16.5 Å². The van der Waals surface area contributed by atoms with Crippen molar-refractivity contribution in [2.24, 2.45) is 5.92 Å². The molecule has 1 fully saturated rings. The minimum Gasteiger partial charge on any atom is -0.496 e. The molecule has 1 heterocycles. The van der Waals surface area contributed by atoms with Crippen LogP contribution in [0.4, 0.5) is 0 Å². The van der Waals surface area contributed by atoms with Gasteiger partial charge in [-0.25, -0.2) is 8.42 Å². The second kappa shape index (κ2) is 6.45. The Hall–Kier alpha value is -0.590. The van der Waals surface area contributed by atoms with E-state index in [1.807, 2.05) is 0 Å². The highest BCUT2D eigenvalue weighted by atomic mass is 79.9. The summed E-state index contributed by atoms with van der Waals surface area (Å²) in [7, 11) is -1.85. The molecule has 1 unspecified atom stereocenters. The van der Waals surface area contributed by atoms with Gasteiger partial charge in [-0.3, -0.25) is 0 Å². The Kier molecular flexibility index (Phi) is 5.09. The zero-order chi connectivity index (χ0) is 14.8. The number of hydrogen-bond donors (Lipinski definition) is 0. The highest BCUT2D eigenvalue weighted by Crippen LogP contribution is 2.30. The summed E-state index contributed by atoms with van der Waals surface area (Å²) < 4.78 is 32.7. The summed E-state index contributed by atoms with van der Waals surface area (Å²) in [6.45, 7) is 3.39. The van der Waals surface area contributed by atoms with Gasteiger partial charge in [-0.15, -0.1) is 0 Å². The fraction of sp³-hybridized carbons (Fsp3) is 0.571. The van der Waals surface area contributed by atoms with E-state index in [9.17, 15) is 8.42 Å². The highest BCUT2D eigenvalue weighted by molar-refractivity contribution is 9.10. The van der Waals surface area contributed by atoms with E-state index in [2.05, 4.69) is 22.9 Å². The van der Waals surface area contributed by atoms with Gasteiger partial charge in [-0.1, -0.05) is 6.92 Å². The lowest BCUT2D eigenvalue weighted by atomic mass is 10.0. The number of sulfonamides is 1. The zero-order valence-electron chi connectivity index (χ0n) is 11.8. The molecule has 0 aliphatic carbocycles. The van der Waals surface area contributed by atoms with Crippen molar-refractivity contribution in [2.45, 2.75) is 31.1 Å². The maximum Gasteiger partial charge on any atom is 0.243 e. The van der Waals surface area contributed by atoms with E-state index >= 15 is 0 Å². The lowest BCUT2D eigenvalue weighted by Gasteiger charge is -2.20. The van der Waals surface area contributed by atoms with Crippen LogP contribution < -0.4 is 4.74 Å². The van der Waals surface area contributed by atoms with Crippen LogP contribution in [-0.4, -0.2) is 32.9 Å². The van der Waals surface area contributed by atoms with Gasteiger partial charge >= 0.3 is 0 Å². The van der Waals surface area contributed by atoms with E-state index in [0.29, 0.717) is 34.1 Å². The van der Waals surface area contributed by atoms with Crippen molar-refractivity contribution in [2.75, 3.05) is 20.2 Å². The number of hydrogen-bond acceptors (Lipinski definition) is 3. The van der Waals surface area contributed by atoms with Crippen LogP contribution in [0, 0.1) is 5.92 Å². The summed E-state index contributed by atoms with van der Waals surface area (Å²) in [5, 5.41) is 0. The van der Waals surface area contributed by atoms with Crippen molar-refractivity contribution in [3.63, 3.8) is 0 Å². The van der Waals surface area contributed by atoms with Gasteiger partial charge in [-0.2, -0.15) is 4.31 Å². The third-order valence-corrected chi connectivity index (χ3v) is 6.25. The lowest BCUT2D eigenvalue weighted by Crippen LogP contribution is -2.32. The number of nitrogens with zero attached hydrogens (tertiary/aromatic N) is 1. The minimum atomic E-state index is -3.41. The third-order valence-electron chi connectivity index (χ3n) is 3.74. The average molecular weight is 362 g/mol. The molecule has 1 aliphatic heterocycles. The second-order valence-corrected chi connectivity index (χ2v) is 8.03. The normalized spacial score (nSPS) is 21.4. The Bertz CT molecular complexity index is 574. The molecule has 1 saturated heterocycles. The first-order valence-corrected chi connectivity index (χ1v) is 9.02. The maximum absolute atomic E-state index is 12.7. The predicted molar refractivity (Wildman–Crippen MR) is 82.5 cm³/mol. The number of rotatable bonds is 3. The van der Waals surface area contributed by atoms with Gasteiger partial charge in [0.1, 0.15) is 5.75 Å². The topological polar surface area (TPSA) is 46.6 Å². The summed E-state index contributed by atoms with van der Waals surface area (Å²) in [6.07, 6.45) is 2.95. The van der Waals surface area contributed by atoms with Crippen LogP contribution in [0.15, 0.2) is 27.6 Å². The van der Waals surface area contributed by atoms with E-state index in [-0.39, 0.29) is 0 Å². The molecule has 1 aromatic rings. The van der Waals surface area contributed by atoms with Crippen LogP contribution in [0.5, 0.6) is 5.75 Å². The Morgan fingerprint density at radius 2 is 2.05 bits per heavy atom. The summed E-state index contributed by atoms with van der Waals surface area (Å²) in [4.78, 5) is 0.319. The van der Waals surface area contributed by atoms with Crippen LogP contribution in [-0.2, 0) is 10.0 Å². The molecule has 4 nitrogen and oxygen atoms in total. The highest BCUT2D eigenvalue weighted by Gasteiger charge is 2.27. The third kappa shape index (κ3) is 3.35. The molecule has 0 saturated carbocycles. The quantitative estimate of drug-likeness (QED) is 0.829. The molecular weight excluding hydrogens is 342 g/mol. The van der Waals surface area contributed by atoms with Crippen molar-refractivity contribution < 1.29 is 13.2 Å². The predicted octanol–water partition coefficient (Wildman–Crippen LogP) is 3.27. The molecule has 0 bridgehead atoms. The van der Waals surface area contributed by atoms with Crippen LogP contribution >= 0.6 is 15.9 Å². The Labute approximate surface area is 129 Å². The molecule has 0 aromatic heterocycles. The van der Waals surface area contributed by atoms with Gasteiger partial charge in [0.15, 0.2) is 0 Å². The monoisotopic (exact) mass is 361 g/mol. The molecule has 1 aliphatic rings. The molecule has 2 rings (SSSR count). The largest absolute Gasteiger partial charge is 0.496 e.